The summed E-state index contributed by atoms with van der Waals surface area (Å²) in [5.41, 5.74) is 1.21. The summed E-state index contributed by atoms with van der Waals surface area (Å²) in [4.78, 5) is 8.64. The van der Waals surface area contributed by atoms with E-state index in [2.05, 4.69) is 40.5 Å². The molecule has 1 aromatic heterocycles. The summed E-state index contributed by atoms with van der Waals surface area (Å²) < 4.78 is 0. The van der Waals surface area contributed by atoms with Crippen molar-refractivity contribution in [2.75, 3.05) is 23.7 Å². The first kappa shape index (κ1) is 15.6. The van der Waals surface area contributed by atoms with Crippen LogP contribution in [0, 0.1) is 5.92 Å². The molecule has 1 aromatic carbocycles. The summed E-state index contributed by atoms with van der Waals surface area (Å²) >= 11 is 5.97. The van der Waals surface area contributed by atoms with E-state index in [-0.39, 0.29) is 0 Å². The fraction of sp³-hybridized carbons (Fsp3) is 0.375. The maximum absolute atomic E-state index is 5.97. The lowest BCUT2D eigenvalue weighted by molar-refractivity contribution is 0.684. The Hall–Kier alpha value is -1.81. The van der Waals surface area contributed by atoms with E-state index in [0.717, 1.165) is 30.4 Å². The first-order valence-corrected chi connectivity index (χ1v) is 7.56. The van der Waals surface area contributed by atoms with Gasteiger partial charge in [0.05, 0.1) is 0 Å². The average molecular weight is 305 g/mol. The quantitative estimate of drug-likeness (QED) is 0.815. The third kappa shape index (κ3) is 5.60. The van der Waals surface area contributed by atoms with Crippen molar-refractivity contribution in [3.8, 4) is 0 Å². The van der Waals surface area contributed by atoms with E-state index in [1.807, 2.05) is 24.3 Å². The molecule has 2 aromatic rings. The summed E-state index contributed by atoms with van der Waals surface area (Å²) in [5.74, 6) is 2.06. The van der Waals surface area contributed by atoms with E-state index in [4.69, 9.17) is 11.6 Å². The van der Waals surface area contributed by atoms with Crippen LogP contribution in [0.3, 0.4) is 0 Å². The summed E-state index contributed by atoms with van der Waals surface area (Å²) in [6.07, 6.45) is 2.66. The molecule has 2 N–H and O–H groups in total. The molecule has 0 aliphatic carbocycles. The number of halogens is 1. The van der Waals surface area contributed by atoms with Gasteiger partial charge < -0.3 is 10.6 Å². The standard InChI is InChI=1S/C16H21ClN4/c1-12(2)11-20-16-19-9-7-15(21-16)18-8-6-13-4-3-5-14(17)10-13/h3-5,7,9-10,12H,6,8,11H2,1-2H3,(H2,18,19,20,21). The number of nitrogens with one attached hydrogen (secondary N) is 2. The van der Waals surface area contributed by atoms with Gasteiger partial charge in [0.2, 0.25) is 5.95 Å². The van der Waals surface area contributed by atoms with Gasteiger partial charge >= 0.3 is 0 Å². The zero-order valence-corrected chi connectivity index (χ0v) is 13.2. The monoisotopic (exact) mass is 304 g/mol. The highest BCUT2D eigenvalue weighted by Gasteiger charge is 2.00. The predicted molar refractivity (Wildman–Crippen MR) is 89.0 cm³/mol. The van der Waals surface area contributed by atoms with Gasteiger partial charge in [0.25, 0.3) is 0 Å². The van der Waals surface area contributed by atoms with Crippen LogP contribution in [-0.2, 0) is 6.42 Å². The van der Waals surface area contributed by atoms with Crippen molar-refractivity contribution in [1.82, 2.24) is 9.97 Å². The topological polar surface area (TPSA) is 49.8 Å². The van der Waals surface area contributed by atoms with Crippen molar-refractivity contribution < 1.29 is 0 Å². The molecule has 0 aliphatic heterocycles. The van der Waals surface area contributed by atoms with Crippen molar-refractivity contribution in [2.45, 2.75) is 20.3 Å². The van der Waals surface area contributed by atoms with Crippen LogP contribution in [0.1, 0.15) is 19.4 Å². The van der Waals surface area contributed by atoms with Crippen LogP contribution in [0.4, 0.5) is 11.8 Å². The third-order valence-electron chi connectivity index (χ3n) is 2.93. The summed E-state index contributed by atoms with van der Waals surface area (Å²) in [7, 11) is 0. The van der Waals surface area contributed by atoms with Gasteiger partial charge in [0.15, 0.2) is 0 Å². The fourth-order valence-electron chi connectivity index (χ4n) is 1.87. The molecule has 0 unspecified atom stereocenters. The molecular weight excluding hydrogens is 284 g/mol. The smallest absolute Gasteiger partial charge is 0.224 e. The van der Waals surface area contributed by atoms with E-state index >= 15 is 0 Å². The lowest BCUT2D eigenvalue weighted by atomic mass is 10.1. The molecule has 0 fully saturated rings. The molecule has 0 radical (unpaired) electrons. The van der Waals surface area contributed by atoms with Crippen LogP contribution >= 0.6 is 11.6 Å². The second-order valence-electron chi connectivity index (χ2n) is 5.35. The highest BCUT2D eigenvalue weighted by atomic mass is 35.5. The SMILES string of the molecule is CC(C)CNc1nccc(NCCc2cccc(Cl)c2)n1. The van der Waals surface area contributed by atoms with E-state index in [9.17, 15) is 0 Å². The summed E-state index contributed by atoms with van der Waals surface area (Å²) in [6, 6.07) is 9.78. The summed E-state index contributed by atoms with van der Waals surface area (Å²) in [5, 5.41) is 7.30. The summed E-state index contributed by atoms with van der Waals surface area (Å²) in [6.45, 7) is 5.98. The van der Waals surface area contributed by atoms with Gasteiger partial charge in [0.1, 0.15) is 5.82 Å². The van der Waals surface area contributed by atoms with E-state index in [1.54, 1.807) is 6.20 Å². The Balaban J connectivity index is 1.84. The molecule has 21 heavy (non-hydrogen) atoms. The third-order valence-corrected chi connectivity index (χ3v) is 3.17. The highest BCUT2D eigenvalue weighted by Crippen LogP contribution is 2.12. The molecule has 0 aliphatic rings. The Kier molecular flexibility index (Phi) is 5.81. The zero-order valence-electron chi connectivity index (χ0n) is 12.4. The molecule has 0 spiro atoms. The number of anilines is 2. The molecule has 112 valence electrons. The Morgan fingerprint density at radius 2 is 2.05 bits per heavy atom. The largest absolute Gasteiger partial charge is 0.370 e. The number of hydrogen-bond donors (Lipinski definition) is 2. The van der Waals surface area contributed by atoms with Crippen LogP contribution in [0.15, 0.2) is 36.5 Å². The van der Waals surface area contributed by atoms with Gasteiger partial charge in [-0.05, 0) is 36.1 Å². The van der Waals surface area contributed by atoms with Crippen molar-refractivity contribution in [1.29, 1.82) is 0 Å². The zero-order chi connectivity index (χ0) is 15.1. The molecule has 1 heterocycles. The maximum Gasteiger partial charge on any atom is 0.224 e. The van der Waals surface area contributed by atoms with Crippen LogP contribution in [-0.4, -0.2) is 23.1 Å². The Morgan fingerprint density at radius 1 is 1.19 bits per heavy atom. The fourth-order valence-corrected chi connectivity index (χ4v) is 2.08. The van der Waals surface area contributed by atoms with Gasteiger partial charge in [-0.3, -0.25) is 0 Å². The molecule has 5 heteroatoms. The van der Waals surface area contributed by atoms with Crippen LogP contribution in [0.25, 0.3) is 0 Å². The van der Waals surface area contributed by atoms with Gasteiger partial charge in [-0.1, -0.05) is 37.6 Å². The molecule has 0 atom stereocenters. The first-order chi connectivity index (χ1) is 10.1. The number of hydrogen-bond acceptors (Lipinski definition) is 4. The van der Waals surface area contributed by atoms with Gasteiger partial charge in [-0.25, -0.2) is 4.98 Å². The highest BCUT2D eigenvalue weighted by molar-refractivity contribution is 6.30. The molecule has 0 bridgehead atoms. The van der Waals surface area contributed by atoms with Gasteiger partial charge in [-0.15, -0.1) is 0 Å². The maximum atomic E-state index is 5.97. The normalized spacial score (nSPS) is 10.7. The van der Waals surface area contributed by atoms with E-state index in [0.29, 0.717) is 11.9 Å². The van der Waals surface area contributed by atoms with Gasteiger partial charge in [-0.2, -0.15) is 4.98 Å². The Bertz CT molecular complexity index is 572. The lowest BCUT2D eigenvalue weighted by Gasteiger charge is -2.09. The van der Waals surface area contributed by atoms with Crippen molar-refractivity contribution >= 4 is 23.4 Å². The van der Waals surface area contributed by atoms with E-state index in [1.165, 1.54) is 5.56 Å². The molecule has 0 amide bonds. The second-order valence-corrected chi connectivity index (χ2v) is 5.78. The van der Waals surface area contributed by atoms with Crippen LogP contribution in [0.5, 0.6) is 0 Å². The molecular formula is C16H21ClN4. The molecule has 0 saturated carbocycles. The molecule has 4 nitrogen and oxygen atoms in total. The Labute approximate surface area is 131 Å². The van der Waals surface area contributed by atoms with Crippen molar-refractivity contribution in [3.63, 3.8) is 0 Å². The van der Waals surface area contributed by atoms with Gasteiger partial charge in [0, 0.05) is 24.3 Å². The number of rotatable bonds is 7. The molecule has 0 saturated heterocycles. The van der Waals surface area contributed by atoms with Crippen LogP contribution < -0.4 is 10.6 Å². The average Bonchev–Trinajstić information content (AvgIpc) is 2.46. The minimum atomic E-state index is 0.563. The van der Waals surface area contributed by atoms with Crippen molar-refractivity contribution in [2.24, 2.45) is 5.92 Å². The van der Waals surface area contributed by atoms with Crippen LogP contribution in [0.2, 0.25) is 5.02 Å². The second kappa shape index (κ2) is 7.84. The van der Waals surface area contributed by atoms with Crippen molar-refractivity contribution in [3.05, 3.63) is 47.1 Å². The number of nitrogens with zero attached hydrogens (tertiary/aromatic N) is 2. The lowest BCUT2D eigenvalue weighted by Crippen LogP contribution is -2.12. The van der Waals surface area contributed by atoms with E-state index < -0.39 is 0 Å². The Morgan fingerprint density at radius 3 is 2.81 bits per heavy atom. The minimum Gasteiger partial charge on any atom is -0.370 e. The predicted octanol–water partition coefficient (Wildman–Crippen LogP) is 3.85. The first-order valence-electron chi connectivity index (χ1n) is 7.18. The number of benzene rings is 1. The minimum absolute atomic E-state index is 0.563. The molecule has 2 rings (SSSR count). The number of aromatic nitrogens is 2.